The molecule has 1 aliphatic rings. The number of ether oxygens (including phenoxy) is 2. The largest absolute Gasteiger partial charge is 0.480 e. The predicted molar refractivity (Wildman–Crippen MR) is 85.4 cm³/mol. The van der Waals surface area contributed by atoms with Crippen LogP contribution in [0.2, 0.25) is 0 Å². The van der Waals surface area contributed by atoms with E-state index in [1.807, 2.05) is 13.0 Å². The fraction of sp³-hybridized carbons (Fsp3) is 0.429. The van der Waals surface area contributed by atoms with Crippen LogP contribution in [-0.2, 0) is 10.0 Å². The molecule has 0 radical (unpaired) electrons. The second-order valence-corrected chi connectivity index (χ2v) is 8.62. The third-order valence-corrected chi connectivity index (χ3v) is 6.86. The van der Waals surface area contributed by atoms with Crippen LogP contribution in [0.1, 0.15) is 11.3 Å². The van der Waals surface area contributed by atoms with Gasteiger partial charge in [0.15, 0.2) is 0 Å². The third kappa shape index (κ3) is 3.46. The first-order valence-corrected chi connectivity index (χ1v) is 9.35. The number of methoxy groups -OCH3 is 1. The predicted octanol–water partition coefficient (Wildman–Crippen LogP) is 1.70. The van der Waals surface area contributed by atoms with E-state index in [0.29, 0.717) is 35.5 Å². The van der Waals surface area contributed by atoms with Crippen LogP contribution in [-0.4, -0.2) is 49.2 Å². The summed E-state index contributed by atoms with van der Waals surface area (Å²) in [5.74, 6) is 0.767. The summed E-state index contributed by atoms with van der Waals surface area (Å²) in [6, 6.07) is 6.78. The van der Waals surface area contributed by atoms with Crippen LogP contribution in [0.3, 0.4) is 0 Å². The average Bonchev–Trinajstić information content (AvgIpc) is 3.18. The molecule has 0 amide bonds. The van der Waals surface area contributed by atoms with Gasteiger partial charge in [-0.15, -0.1) is 21.5 Å². The van der Waals surface area contributed by atoms with E-state index >= 15 is 0 Å². The van der Waals surface area contributed by atoms with Crippen molar-refractivity contribution in [1.29, 1.82) is 0 Å². The highest BCUT2D eigenvalue weighted by Crippen LogP contribution is 2.28. The SMILES string of the molecule is COc1ccc(OC2CCN(S(=O)(=O)c3ccc(C)s3)C2)nn1. The van der Waals surface area contributed by atoms with Crippen molar-refractivity contribution >= 4 is 21.4 Å². The smallest absolute Gasteiger partial charge is 0.252 e. The van der Waals surface area contributed by atoms with Crippen LogP contribution in [0.4, 0.5) is 0 Å². The second-order valence-electron chi connectivity index (χ2n) is 5.17. The molecule has 23 heavy (non-hydrogen) atoms. The van der Waals surface area contributed by atoms with Crippen molar-refractivity contribution in [2.75, 3.05) is 20.2 Å². The van der Waals surface area contributed by atoms with E-state index in [4.69, 9.17) is 9.47 Å². The molecular formula is C14H17N3O4S2. The van der Waals surface area contributed by atoms with Crippen LogP contribution in [0.5, 0.6) is 11.8 Å². The molecule has 0 spiro atoms. The molecule has 1 aliphatic heterocycles. The first-order valence-electron chi connectivity index (χ1n) is 7.10. The molecule has 0 aliphatic carbocycles. The van der Waals surface area contributed by atoms with E-state index in [-0.39, 0.29) is 6.10 Å². The Morgan fingerprint density at radius 1 is 1.22 bits per heavy atom. The number of aryl methyl sites for hydroxylation is 1. The van der Waals surface area contributed by atoms with Crippen molar-refractivity contribution in [3.05, 3.63) is 29.1 Å². The second kappa shape index (κ2) is 6.42. The average molecular weight is 355 g/mol. The van der Waals surface area contributed by atoms with E-state index in [1.54, 1.807) is 18.2 Å². The highest BCUT2D eigenvalue weighted by molar-refractivity contribution is 7.91. The summed E-state index contributed by atoms with van der Waals surface area (Å²) in [6.45, 7) is 2.64. The van der Waals surface area contributed by atoms with E-state index in [0.717, 1.165) is 4.88 Å². The molecule has 0 bridgehead atoms. The molecule has 1 unspecified atom stereocenters. The van der Waals surface area contributed by atoms with Crippen molar-refractivity contribution in [2.45, 2.75) is 23.7 Å². The fourth-order valence-electron chi connectivity index (χ4n) is 2.34. The quantitative estimate of drug-likeness (QED) is 0.812. The van der Waals surface area contributed by atoms with Crippen molar-refractivity contribution < 1.29 is 17.9 Å². The van der Waals surface area contributed by atoms with Crippen molar-refractivity contribution in [1.82, 2.24) is 14.5 Å². The minimum atomic E-state index is -3.44. The maximum atomic E-state index is 12.6. The first-order chi connectivity index (χ1) is 11.0. The van der Waals surface area contributed by atoms with Gasteiger partial charge < -0.3 is 9.47 Å². The Bertz CT molecular complexity index is 774. The summed E-state index contributed by atoms with van der Waals surface area (Å²) in [4.78, 5) is 0.976. The fourth-order valence-corrected chi connectivity index (χ4v) is 5.26. The summed E-state index contributed by atoms with van der Waals surface area (Å²) in [5, 5.41) is 7.73. The maximum Gasteiger partial charge on any atom is 0.252 e. The van der Waals surface area contributed by atoms with Gasteiger partial charge >= 0.3 is 0 Å². The minimum Gasteiger partial charge on any atom is -0.480 e. The Morgan fingerprint density at radius 2 is 1.96 bits per heavy atom. The number of sulfonamides is 1. The Kier molecular flexibility index (Phi) is 4.51. The lowest BCUT2D eigenvalue weighted by atomic mass is 10.3. The Hall–Kier alpha value is -1.71. The molecule has 0 aromatic carbocycles. The number of rotatable bonds is 5. The topological polar surface area (TPSA) is 81.6 Å². The molecular weight excluding hydrogens is 338 g/mol. The summed E-state index contributed by atoms with van der Waals surface area (Å²) in [5.41, 5.74) is 0. The minimum absolute atomic E-state index is 0.228. The molecule has 1 saturated heterocycles. The monoisotopic (exact) mass is 355 g/mol. The summed E-state index contributed by atoms with van der Waals surface area (Å²) >= 11 is 1.28. The van der Waals surface area contributed by atoms with Gasteiger partial charge in [0.25, 0.3) is 10.0 Å². The van der Waals surface area contributed by atoms with Gasteiger partial charge in [-0.2, -0.15) is 4.31 Å². The van der Waals surface area contributed by atoms with Crippen molar-refractivity contribution in [3.63, 3.8) is 0 Å². The van der Waals surface area contributed by atoms with Crippen molar-refractivity contribution in [2.24, 2.45) is 0 Å². The van der Waals surface area contributed by atoms with Gasteiger partial charge in [0.05, 0.1) is 13.7 Å². The normalized spacial score (nSPS) is 19.0. The van der Waals surface area contributed by atoms with E-state index in [9.17, 15) is 8.42 Å². The first kappa shape index (κ1) is 16.2. The molecule has 9 heteroatoms. The standard InChI is InChI=1S/C14H17N3O4S2/c1-10-3-6-14(22-10)23(18,19)17-8-7-11(9-17)21-13-5-4-12(20-2)15-16-13/h3-6,11H,7-9H2,1-2H3. The van der Waals surface area contributed by atoms with Gasteiger partial charge in [-0.1, -0.05) is 0 Å². The zero-order chi connectivity index (χ0) is 16.4. The summed E-state index contributed by atoms with van der Waals surface area (Å²) in [7, 11) is -1.93. The lowest BCUT2D eigenvalue weighted by Gasteiger charge is -2.15. The third-order valence-electron chi connectivity index (χ3n) is 3.53. The molecule has 3 rings (SSSR count). The Morgan fingerprint density at radius 3 is 2.57 bits per heavy atom. The van der Waals surface area contributed by atoms with Crippen molar-refractivity contribution in [3.8, 4) is 11.8 Å². The van der Waals surface area contributed by atoms with Gasteiger partial charge in [0, 0.05) is 23.6 Å². The molecule has 2 aromatic heterocycles. The van der Waals surface area contributed by atoms with Gasteiger partial charge in [0.1, 0.15) is 10.3 Å². The van der Waals surface area contributed by atoms with Gasteiger partial charge in [-0.25, -0.2) is 8.42 Å². The van der Waals surface area contributed by atoms with Crippen LogP contribution in [0, 0.1) is 6.92 Å². The molecule has 0 N–H and O–H groups in total. The molecule has 0 saturated carbocycles. The number of thiophene rings is 1. The molecule has 124 valence electrons. The van der Waals surface area contributed by atoms with Gasteiger partial charge in [0.2, 0.25) is 11.8 Å². The van der Waals surface area contributed by atoms with Crippen LogP contribution in [0.15, 0.2) is 28.5 Å². The molecule has 3 heterocycles. The van der Waals surface area contributed by atoms with E-state index in [2.05, 4.69) is 10.2 Å². The summed E-state index contributed by atoms with van der Waals surface area (Å²) < 4.78 is 37.6. The lowest BCUT2D eigenvalue weighted by Crippen LogP contribution is -2.30. The molecule has 2 aromatic rings. The number of hydrogen-bond donors (Lipinski definition) is 0. The Balaban J connectivity index is 1.66. The maximum absolute atomic E-state index is 12.6. The Labute approximate surface area is 138 Å². The number of nitrogens with zero attached hydrogens (tertiary/aromatic N) is 3. The van der Waals surface area contributed by atoms with Crippen LogP contribution in [0.25, 0.3) is 0 Å². The van der Waals surface area contributed by atoms with Gasteiger partial charge in [-0.05, 0) is 25.5 Å². The number of hydrogen-bond acceptors (Lipinski definition) is 7. The number of aromatic nitrogens is 2. The molecule has 1 atom stereocenters. The van der Waals surface area contributed by atoms with Crippen LogP contribution < -0.4 is 9.47 Å². The zero-order valence-electron chi connectivity index (χ0n) is 12.8. The van der Waals surface area contributed by atoms with E-state index in [1.165, 1.54) is 22.8 Å². The zero-order valence-corrected chi connectivity index (χ0v) is 14.4. The van der Waals surface area contributed by atoms with Crippen LogP contribution >= 0.6 is 11.3 Å². The lowest BCUT2D eigenvalue weighted by molar-refractivity contribution is 0.203. The molecule has 1 fully saturated rings. The summed E-state index contributed by atoms with van der Waals surface area (Å²) in [6.07, 6.45) is 0.394. The van der Waals surface area contributed by atoms with E-state index < -0.39 is 10.0 Å². The molecule has 7 nitrogen and oxygen atoms in total. The van der Waals surface area contributed by atoms with Gasteiger partial charge in [-0.3, -0.25) is 0 Å². The highest BCUT2D eigenvalue weighted by Gasteiger charge is 2.34. The highest BCUT2D eigenvalue weighted by atomic mass is 32.2.